The zero-order valence-electron chi connectivity index (χ0n) is 9.55. The van der Waals surface area contributed by atoms with E-state index in [0.29, 0.717) is 0 Å². The van der Waals surface area contributed by atoms with Gasteiger partial charge in [0.2, 0.25) is 0 Å². The summed E-state index contributed by atoms with van der Waals surface area (Å²) in [6, 6.07) is 4.57. The van der Waals surface area contributed by atoms with E-state index < -0.39 is 0 Å². The fraction of sp³-hybridized carbons (Fsp3) is 0.571. The molecule has 2 rings (SSSR count). The molecule has 0 aliphatic heterocycles. The van der Waals surface area contributed by atoms with Crippen LogP contribution in [0.1, 0.15) is 48.4 Å². The number of rotatable bonds is 4. The highest BCUT2D eigenvalue weighted by Crippen LogP contribution is 2.27. The topological polar surface area (TPSA) is 20.2 Å². The molecule has 0 atom stereocenters. The Bertz CT molecular complexity index is 341. The van der Waals surface area contributed by atoms with Crippen molar-refractivity contribution in [3.8, 4) is 0 Å². The third-order valence-corrected chi connectivity index (χ3v) is 3.36. The standard InChI is InChI=1S/C14H20O/c1-2-3-5-11-8-12-6-4-7-14(12)13(9-11)10-15/h8-9,15H,2-7,10H2,1H3. The quantitative estimate of drug-likeness (QED) is 0.799. The molecule has 0 saturated carbocycles. The number of aryl methyl sites for hydroxylation is 2. The van der Waals surface area contributed by atoms with Crippen molar-refractivity contribution in [1.29, 1.82) is 0 Å². The molecular formula is C14H20O. The highest BCUT2D eigenvalue weighted by molar-refractivity contribution is 5.41. The van der Waals surface area contributed by atoms with Crippen LogP contribution in [0, 0.1) is 0 Å². The summed E-state index contributed by atoms with van der Waals surface area (Å²) in [5, 5.41) is 9.35. The molecule has 0 aromatic heterocycles. The van der Waals surface area contributed by atoms with E-state index in [-0.39, 0.29) is 6.61 Å². The third kappa shape index (κ3) is 2.23. The molecule has 0 radical (unpaired) electrons. The second-order valence-electron chi connectivity index (χ2n) is 4.51. The van der Waals surface area contributed by atoms with Crippen molar-refractivity contribution in [2.75, 3.05) is 0 Å². The summed E-state index contributed by atoms with van der Waals surface area (Å²) in [6.07, 6.45) is 7.30. The van der Waals surface area contributed by atoms with E-state index in [0.717, 1.165) is 6.42 Å². The number of hydrogen-bond donors (Lipinski definition) is 1. The van der Waals surface area contributed by atoms with Crippen molar-refractivity contribution in [2.45, 2.75) is 52.1 Å². The Morgan fingerprint density at radius 1 is 1.27 bits per heavy atom. The molecule has 0 heterocycles. The maximum absolute atomic E-state index is 9.35. The molecule has 1 heteroatoms. The summed E-state index contributed by atoms with van der Waals surface area (Å²) in [6.45, 7) is 2.43. The second-order valence-corrected chi connectivity index (χ2v) is 4.51. The van der Waals surface area contributed by atoms with Crippen LogP contribution in [0.4, 0.5) is 0 Å². The summed E-state index contributed by atoms with van der Waals surface area (Å²) >= 11 is 0. The van der Waals surface area contributed by atoms with Gasteiger partial charge < -0.3 is 5.11 Å². The number of fused-ring (bicyclic) bond motifs is 1. The molecule has 0 saturated heterocycles. The summed E-state index contributed by atoms with van der Waals surface area (Å²) in [5.74, 6) is 0. The van der Waals surface area contributed by atoms with Gasteiger partial charge >= 0.3 is 0 Å². The molecule has 0 unspecified atom stereocenters. The zero-order valence-corrected chi connectivity index (χ0v) is 9.55. The molecule has 0 fully saturated rings. The number of unbranched alkanes of at least 4 members (excludes halogenated alkanes) is 1. The van der Waals surface area contributed by atoms with Gasteiger partial charge in [-0.25, -0.2) is 0 Å². The average molecular weight is 204 g/mol. The number of hydrogen-bond acceptors (Lipinski definition) is 1. The monoisotopic (exact) mass is 204 g/mol. The molecule has 0 bridgehead atoms. The number of aliphatic hydroxyl groups is 1. The van der Waals surface area contributed by atoms with Gasteiger partial charge in [0.25, 0.3) is 0 Å². The molecule has 0 amide bonds. The van der Waals surface area contributed by atoms with Crippen LogP contribution in [0.15, 0.2) is 12.1 Å². The minimum absolute atomic E-state index is 0.211. The van der Waals surface area contributed by atoms with Crippen molar-refractivity contribution in [3.05, 3.63) is 34.4 Å². The van der Waals surface area contributed by atoms with Gasteiger partial charge in [-0.05, 0) is 54.4 Å². The maximum atomic E-state index is 9.35. The highest BCUT2D eigenvalue weighted by atomic mass is 16.3. The average Bonchev–Trinajstić information content (AvgIpc) is 2.73. The van der Waals surface area contributed by atoms with Gasteiger partial charge in [0, 0.05) is 0 Å². The van der Waals surface area contributed by atoms with E-state index in [1.54, 1.807) is 0 Å². The second kappa shape index (κ2) is 4.80. The lowest BCUT2D eigenvalue weighted by Crippen LogP contribution is -1.97. The number of aliphatic hydroxyl groups excluding tert-OH is 1. The first-order chi connectivity index (χ1) is 7.35. The normalized spacial score (nSPS) is 14.3. The van der Waals surface area contributed by atoms with E-state index in [1.165, 1.54) is 54.4 Å². The third-order valence-electron chi connectivity index (χ3n) is 3.36. The predicted octanol–water partition coefficient (Wildman–Crippen LogP) is 3.01. The molecule has 1 nitrogen and oxygen atoms in total. The Kier molecular flexibility index (Phi) is 3.42. The minimum Gasteiger partial charge on any atom is -0.392 e. The van der Waals surface area contributed by atoms with Crippen LogP contribution in [-0.2, 0) is 25.9 Å². The van der Waals surface area contributed by atoms with Crippen molar-refractivity contribution in [3.63, 3.8) is 0 Å². The Labute approximate surface area is 92.1 Å². The maximum Gasteiger partial charge on any atom is 0.0684 e. The summed E-state index contributed by atoms with van der Waals surface area (Å²) in [7, 11) is 0. The first-order valence-corrected chi connectivity index (χ1v) is 6.09. The highest BCUT2D eigenvalue weighted by Gasteiger charge is 2.15. The van der Waals surface area contributed by atoms with Crippen LogP contribution in [-0.4, -0.2) is 5.11 Å². The lowest BCUT2D eigenvalue weighted by atomic mass is 9.97. The van der Waals surface area contributed by atoms with Crippen molar-refractivity contribution in [2.24, 2.45) is 0 Å². The first-order valence-electron chi connectivity index (χ1n) is 6.09. The molecule has 1 aromatic rings. The molecule has 0 spiro atoms. The van der Waals surface area contributed by atoms with Crippen LogP contribution in [0.3, 0.4) is 0 Å². The Hall–Kier alpha value is -0.820. The van der Waals surface area contributed by atoms with Gasteiger partial charge in [0.05, 0.1) is 6.61 Å². The van der Waals surface area contributed by atoms with Crippen LogP contribution in [0.2, 0.25) is 0 Å². The minimum atomic E-state index is 0.211. The van der Waals surface area contributed by atoms with Gasteiger partial charge in [0.1, 0.15) is 0 Å². The van der Waals surface area contributed by atoms with Crippen molar-refractivity contribution in [1.82, 2.24) is 0 Å². The lowest BCUT2D eigenvalue weighted by Gasteiger charge is -2.09. The zero-order chi connectivity index (χ0) is 10.7. The van der Waals surface area contributed by atoms with Gasteiger partial charge in [-0.15, -0.1) is 0 Å². The van der Waals surface area contributed by atoms with Crippen LogP contribution in [0.25, 0.3) is 0 Å². The largest absolute Gasteiger partial charge is 0.392 e. The molecule has 82 valence electrons. The molecule has 1 N–H and O–H groups in total. The van der Waals surface area contributed by atoms with Crippen LogP contribution >= 0.6 is 0 Å². The first kappa shape index (κ1) is 10.7. The Morgan fingerprint density at radius 3 is 2.87 bits per heavy atom. The SMILES string of the molecule is CCCCc1cc(CO)c2c(c1)CCC2. The predicted molar refractivity (Wildman–Crippen MR) is 63.0 cm³/mol. The van der Waals surface area contributed by atoms with Gasteiger partial charge in [-0.2, -0.15) is 0 Å². The fourth-order valence-corrected chi connectivity index (χ4v) is 2.54. The number of benzene rings is 1. The van der Waals surface area contributed by atoms with Gasteiger partial charge in [-0.1, -0.05) is 25.5 Å². The molecule has 1 aliphatic rings. The fourth-order valence-electron chi connectivity index (χ4n) is 2.54. The Morgan fingerprint density at radius 2 is 2.13 bits per heavy atom. The Balaban J connectivity index is 2.26. The summed E-state index contributed by atoms with van der Waals surface area (Å²) < 4.78 is 0. The van der Waals surface area contributed by atoms with E-state index in [4.69, 9.17) is 0 Å². The molecular weight excluding hydrogens is 184 g/mol. The molecule has 1 aliphatic carbocycles. The van der Waals surface area contributed by atoms with Crippen molar-refractivity contribution >= 4 is 0 Å². The van der Waals surface area contributed by atoms with E-state index in [2.05, 4.69) is 19.1 Å². The van der Waals surface area contributed by atoms with E-state index in [9.17, 15) is 5.11 Å². The lowest BCUT2D eigenvalue weighted by molar-refractivity contribution is 0.280. The van der Waals surface area contributed by atoms with Crippen molar-refractivity contribution < 1.29 is 5.11 Å². The smallest absolute Gasteiger partial charge is 0.0684 e. The van der Waals surface area contributed by atoms with Gasteiger partial charge in [0.15, 0.2) is 0 Å². The molecule has 15 heavy (non-hydrogen) atoms. The van der Waals surface area contributed by atoms with Crippen LogP contribution in [0.5, 0.6) is 0 Å². The van der Waals surface area contributed by atoms with Gasteiger partial charge in [-0.3, -0.25) is 0 Å². The summed E-state index contributed by atoms with van der Waals surface area (Å²) in [4.78, 5) is 0. The molecule has 1 aromatic carbocycles. The van der Waals surface area contributed by atoms with E-state index in [1.807, 2.05) is 0 Å². The van der Waals surface area contributed by atoms with E-state index >= 15 is 0 Å². The summed E-state index contributed by atoms with van der Waals surface area (Å²) in [5.41, 5.74) is 5.52. The van der Waals surface area contributed by atoms with Crippen LogP contribution < -0.4 is 0 Å².